The number of esters is 1. The van der Waals surface area contributed by atoms with Crippen molar-refractivity contribution in [3.8, 4) is 5.75 Å². The van der Waals surface area contributed by atoms with Crippen LogP contribution in [0.5, 0.6) is 5.75 Å². The predicted octanol–water partition coefficient (Wildman–Crippen LogP) is 4.11. The third-order valence-corrected chi connectivity index (χ3v) is 6.83. The van der Waals surface area contributed by atoms with Gasteiger partial charge in [-0.05, 0) is 31.2 Å². The maximum Gasteiger partial charge on any atom is 0.329 e. The van der Waals surface area contributed by atoms with Crippen LogP contribution in [0.1, 0.15) is 71.4 Å². The minimum atomic E-state index is -0.918. The van der Waals surface area contributed by atoms with Gasteiger partial charge in [-0.3, -0.25) is 4.79 Å². The summed E-state index contributed by atoms with van der Waals surface area (Å²) in [5, 5.41) is 11.6. The number of aliphatic hydroxyl groups excluding tert-OH is 1. The highest BCUT2D eigenvalue weighted by molar-refractivity contribution is 5.88. The standard InChI is InChI=1S/C25H37NO5/c1-6-31-24(29)21-19(25(2,3)4)22(27)20(17-14-10-11-15-18(17)30-5)26(21)23(28)16-12-8-7-9-13-16/h10-11,14-16,19-22,27H,6-9,12-13H2,1-5H3. The van der Waals surface area contributed by atoms with Crippen molar-refractivity contribution < 1.29 is 24.2 Å². The van der Waals surface area contributed by atoms with Crippen LogP contribution < -0.4 is 4.74 Å². The number of benzene rings is 1. The molecule has 1 aromatic rings. The zero-order chi connectivity index (χ0) is 22.8. The van der Waals surface area contributed by atoms with E-state index in [4.69, 9.17) is 9.47 Å². The van der Waals surface area contributed by atoms with Crippen LogP contribution in [-0.4, -0.2) is 47.7 Å². The molecule has 2 aliphatic rings. The number of ether oxygens (including phenoxy) is 2. The molecule has 2 fully saturated rings. The molecule has 1 aromatic carbocycles. The molecule has 172 valence electrons. The van der Waals surface area contributed by atoms with Crippen molar-refractivity contribution in [1.82, 2.24) is 4.90 Å². The molecule has 0 aromatic heterocycles. The highest BCUT2D eigenvalue weighted by atomic mass is 16.5. The molecule has 1 saturated carbocycles. The summed E-state index contributed by atoms with van der Waals surface area (Å²) in [5.41, 5.74) is 0.307. The first-order valence-electron chi connectivity index (χ1n) is 11.5. The zero-order valence-corrected chi connectivity index (χ0v) is 19.5. The van der Waals surface area contributed by atoms with E-state index in [0.717, 1.165) is 37.7 Å². The van der Waals surface area contributed by atoms with Gasteiger partial charge in [0, 0.05) is 17.4 Å². The third-order valence-electron chi connectivity index (χ3n) is 6.83. The fraction of sp³-hybridized carbons (Fsp3) is 0.680. The van der Waals surface area contributed by atoms with E-state index >= 15 is 0 Å². The molecule has 0 spiro atoms. The maximum atomic E-state index is 13.9. The molecule has 6 nitrogen and oxygen atoms in total. The van der Waals surface area contributed by atoms with E-state index in [0.29, 0.717) is 5.75 Å². The SMILES string of the molecule is CCOC(=O)C1C(C(C)(C)C)C(O)C(c2ccccc2OC)N1C(=O)C1CCCCC1. The average Bonchev–Trinajstić information content (AvgIpc) is 3.07. The van der Waals surface area contributed by atoms with Crippen molar-refractivity contribution in [2.45, 2.75) is 78.0 Å². The van der Waals surface area contributed by atoms with Crippen LogP contribution in [0.25, 0.3) is 0 Å². The van der Waals surface area contributed by atoms with Crippen molar-refractivity contribution >= 4 is 11.9 Å². The Bertz CT molecular complexity index is 780. The van der Waals surface area contributed by atoms with Gasteiger partial charge in [-0.15, -0.1) is 0 Å². The van der Waals surface area contributed by atoms with Gasteiger partial charge in [-0.25, -0.2) is 4.79 Å². The van der Waals surface area contributed by atoms with E-state index < -0.39 is 35.5 Å². The van der Waals surface area contributed by atoms with Gasteiger partial charge in [0.1, 0.15) is 11.8 Å². The molecule has 0 bridgehead atoms. The number of carbonyl (C=O) groups is 2. The maximum absolute atomic E-state index is 13.9. The molecule has 1 N–H and O–H groups in total. The highest BCUT2D eigenvalue weighted by Gasteiger charge is 2.59. The second-order valence-electron chi connectivity index (χ2n) is 9.85. The minimum absolute atomic E-state index is 0.0561. The quantitative estimate of drug-likeness (QED) is 0.710. The summed E-state index contributed by atoms with van der Waals surface area (Å²) < 4.78 is 11.0. The molecular formula is C25H37NO5. The van der Waals surface area contributed by atoms with E-state index in [2.05, 4.69) is 0 Å². The van der Waals surface area contributed by atoms with Gasteiger partial charge in [0.15, 0.2) is 0 Å². The number of methoxy groups -OCH3 is 1. The lowest BCUT2D eigenvalue weighted by Crippen LogP contribution is -2.49. The third kappa shape index (κ3) is 4.59. The largest absolute Gasteiger partial charge is 0.496 e. The number of carbonyl (C=O) groups excluding carboxylic acids is 2. The van der Waals surface area contributed by atoms with E-state index in [1.165, 1.54) is 0 Å². The monoisotopic (exact) mass is 431 g/mol. The summed E-state index contributed by atoms with van der Waals surface area (Å²) in [5.74, 6) is -0.490. The number of para-hydroxylation sites is 1. The van der Waals surface area contributed by atoms with E-state index in [-0.39, 0.29) is 18.4 Å². The van der Waals surface area contributed by atoms with Crippen LogP contribution in [0.3, 0.4) is 0 Å². The first-order chi connectivity index (χ1) is 14.7. The number of aliphatic hydroxyl groups is 1. The normalized spacial score (nSPS) is 27.2. The predicted molar refractivity (Wildman–Crippen MR) is 119 cm³/mol. The summed E-state index contributed by atoms with van der Waals surface area (Å²) >= 11 is 0. The average molecular weight is 432 g/mol. The van der Waals surface area contributed by atoms with Gasteiger partial charge < -0.3 is 19.5 Å². The summed E-state index contributed by atoms with van der Waals surface area (Å²) in [6.45, 7) is 8.00. The van der Waals surface area contributed by atoms with Crippen molar-refractivity contribution in [2.75, 3.05) is 13.7 Å². The van der Waals surface area contributed by atoms with Crippen molar-refractivity contribution in [2.24, 2.45) is 17.3 Å². The Kier molecular flexibility index (Phi) is 7.30. The van der Waals surface area contributed by atoms with Gasteiger partial charge in [-0.1, -0.05) is 58.2 Å². The van der Waals surface area contributed by atoms with Crippen LogP contribution in [0.2, 0.25) is 0 Å². The molecule has 1 saturated heterocycles. The molecule has 4 atom stereocenters. The van der Waals surface area contributed by atoms with E-state index in [9.17, 15) is 14.7 Å². The molecule has 1 heterocycles. The fourth-order valence-electron chi connectivity index (χ4n) is 5.45. The number of rotatable bonds is 5. The minimum Gasteiger partial charge on any atom is -0.496 e. The van der Waals surface area contributed by atoms with Gasteiger partial charge in [0.25, 0.3) is 0 Å². The van der Waals surface area contributed by atoms with Gasteiger partial charge >= 0.3 is 5.97 Å². The number of amides is 1. The molecule has 1 aliphatic heterocycles. The zero-order valence-electron chi connectivity index (χ0n) is 19.5. The Morgan fingerprint density at radius 3 is 2.35 bits per heavy atom. The fourth-order valence-corrected chi connectivity index (χ4v) is 5.45. The van der Waals surface area contributed by atoms with Crippen LogP contribution in [0.4, 0.5) is 0 Å². The molecule has 3 rings (SSSR count). The second-order valence-corrected chi connectivity index (χ2v) is 9.85. The number of nitrogens with zero attached hydrogens (tertiary/aromatic N) is 1. The second kappa shape index (κ2) is 9.60. The summed E-state index contributed by atoms with van der Waals surface area (Å²) in [4.78, 5) is 28.8. The first-order valence-corrected chi connectivity index (χ1v) is 11.5. The molecule has 4 unspecified atom stereocenters. The van der Waals surface area contributed by atoms with Gasteiger partial charge in [0.2, 0.25) is 5.91 Å². The molecule has 1 aliphatic carbocycles. The summed E-state index contributed by atoms with van der Waals surface area (Å²) in [7, 11) is 1.58. The molecule has 31 heavy (non-hydrogen) atoms. The van der Waals surface area contributed by atoms with Crippen LogP contribution in [-0.2, 0) is 14.3 Å². The van der Waals surface area contributed by atoms with Crippen LogP contribution >= 0.6 is 0 Å². The van der Waals surface area contributed by atoms with Gasteiger partial charge in [0.05, 0.1) is 25.9 Å². The lowest BCUT2D eigenvalue weighted by atomic mass is 9.73. The Morgan fingerprint density at radius 2 is 1.77 bits per heavy atom. The van der Waals surface area contributed by atoms with Crippen LogP contribution in [0, 0.1) is 17.3 Å². The summed E-state index contributed by atoms with van der Waals surface area (Å²) in [6.07, 6.45) is 3.88. The molecule has 1 amide bonds. The Balaban J connectivity index is 2.15. The topological polar surface area (TPSA) is 76.1 Å². The Morgan fingerprint density at radius 1 is 1.13 bits per heavy atom. The number of likely N-dealkylation sites (tertiary alicyclic amines) is 1. The number of hydrogen-bond donors (Lipinski definition) is 1. The van der Waals surface area contributed by atoms with Gasteiger partial charge in [-0.2, -0.15) is 0 Å². The summed E-state index contributed by atoms with van der Waals surface area (Å²) in [6, 6.07) is 5.94. The van der Waals surface area contributed by atoms with E-state index in [1.54, 1.807) is 18.9 Å². The van der Waals surface area contributed by atoms with Crippen LogP contribution in [0.15, 0.2) is 24.3 Å². The van der Waals surface area contributed by atoms with E-state index in [1.807, 2.05) is 45.0 Å². The highest BCUT2D eigenvalue weighted by Crippen LogP contribution is 2.50. The Labute approximate surface area is 185 Å². The lowest BCUT2D eigenvalue weighted by molar-refractivity contribution is -0.158. The lowest BCUT2D eigenvalue weighted by Gasteiger charge is -2.36. The first kappa shape index (κ1) is 23.6. The molecule has 0 radical (unpaired) electrons. The number of hydrogen-bond acceptors (Lipinski definition) is 5. The Hall–Kier alpha value is -2.08. The van der Waals surface area contributed by atoms with Crippen molar-refractivity contribution in [3.63, 3.8) is 0 Å². The smallest absolute Gasteiger partial charge is 0.329 e. The van der Waals surface area contributed by atoms with Crippen molar-refractivity contribution in [1.29, 1.82) is 0 Å². The molecule has 6 heteroatoms. The van der Waals surface area contributed by atoms with Crippen molar-refractivity contribution in [3.05, 3.63) is 29.8 Å². The molecular weight excluding hydrogens is 394 g/mol.